The lowest BCUT2D eigenvalue weighted by molar-refractivity contribution is 0.0942. The van der Waals surface area contributed by atoms with Crippen LogP contribution >= 0.6 is 0 Å². The standard InChI is InChI=1S/C13H27NO/c1-5-10(2)12(4)14-11(3)9-13-7-6-8-15-13/h10-14H,5-9H2,1-4H3. The lowest BCUT2D eigenvalue weighted by Gasteiger charge is -2.26. The summed E-state index contributed by atoms with van der Waals surface area (Å²) in [4.78, 5) is 0. The van der Waals surface area contributed by atoms with Crippen LogP contribution in [0.2, 0.25) is 0 Å². The maximum absolute atomic E-state index is 5.65. The van der Waals surface area contributed by atoms with Crippen molar-refractivity contribution in [3.05, 3.63) is 0 Å². The molecule has 0 aromatic rings. The smallest absolute Gasteiger partial charge is 0.0590 e. The van der Waals surface area contributed by atoms with Crippen LogP contribution in [0.15, 0.2) is 0 Å². The van der Waals surface area contributed by atoms with Crippen molar-refractivity contribution in [2.45, 2.75) is 71.6 Å². The Bertz CT molecular complexity index is 166. The number of ether oxygens (including phenoxy) is 1. The Morgan fingerprint density at radius 3 is 2.60 bits per heavy atom. The minimum absolute atomic E-state index is 0.511. The minimum atomic E-state index is 0.511. The van der Waals surface area contributed by atoms with Gasteiger partial charge in [0, 0.05) is 18.7 Å². The summed E-state index contributed by atoms with van der Waals surface area (Å²) in [6.07, 6.45) is 5.43. The molecule has 0 bridgehead atoms. The first kappa shape index (κ1) is 13.0. The third-order valence-corrected chi connectivity index (χ3v) is 3.69. The average molecular weight is 213 g/mol. The molecule has 90 valence electrons. The molecule has 1 rings (SSSR count). The van der Waals surface area contributed by atoms with Gasteiger partial charge in [0.15, 0.2) is 0 Å². The van der Waals surface area contributed by atoms with E-state index in [1.54, 1.807) is 0 Å². The zero-order chi connectivity index (χ0) is 11.3. The second kappa shape index (κ2) is 6.49. The lowest BCUT2D eigenvalue weighted by atomic mass is 9.99. The molecule has 1 heterocycles. The monoisotopic (exact) mass is 213 g/mol. The van der Waals surface area contributed by atoms with Gasteiger partial charge in [0.2, 0.25) is 0 Å². The molecule has 2 nitrogen and oxygen atoms in total. The van der Waals surface area contributed by atoms with Gasteiger partial charge in [-0.05, 0) is 39.0 Å². The number of hydrogen-bond acceptors (Lipinski definition) is 2. The molecular formula is C13H27NO. The molecule has 0 aromatic heterocycles. The van der Waals surface area contributed by atoms with Crippen molar-refractivity contribution in [3.8, 4) is 0 Å². The van der Waals surface area contributed by atoms with E-state index in [9.17, 15) is 0 Å². The average Bonchev–Trinajstić information content (AvgIpc) is 2.68. The number of rotatable bonds is 6. The molecule has 0 aliphatic carbocycles. The Balaban J connectivity index is 2.19. The van der Waals surface area contributed by atoms with Crippen LogP contribution in [0.1, 0.15) is 53.4 Å². The lowest BCUT2D eigenvalue weighted by Crippen LogP contribution is -2.40. The molecule has 1 saturated heterocycles. The van der Waals surface area contributed by atoms with Crippen molar-refractivity contribution in [1.82, 2.24) is 5.32 Å². The van der Waals surface area contributed by atoms with E-state index in [1.165, 1.54) is 25.7 Å². The van der Waals surface area contributed by atoms with Gasteiger partial charge in [0.1, 0.15) is 0 Å². The highest BCUT2D eigenvalue weighted by Gasteiger charge is 2.20. The largest absolute Gasteiger partial charge is 0.378 e. The third kappa shape index (κ3) is 4.52. The highest BCUT2D eigenvalue weighted by atomic mass is 16.5. The van der Waals surface area contributed by atoms with E-state index in [1.807, 2.05) is 0 Å². The van der Waals surface area contributed by atoms with E-state index in [0.717, 1.165) is 12.5 Å². The van der Waals surface area contributed by atoms with Crippen LogP contribution in [-0.4, -0.2) is 24.8 Å². The third-order valence-electron chi connectivity index (χ3n) is 3.69. The van der Waals surface area contributed by atoms with Crippen LogP contribution in [0.4, 0.5) is 0 Å². The molecule has 2 heteroatoms. The molecule has 0 amide bonds. The highest BCUT2D eigenvalue weighted by molar-refractivity contribution is 4.76. The molecule has 4 unspecified atom stereocenters. The zero-order valence-electron chi connectivity index (χ0n) is 10.8. The Hall–Kier alpha value is -0.0800. The summed E-state index contributed by atoms with van der Waals surface area (Å²) < 4.78 is 5.65. The van der Waals surface area contributed by atoms with Crippen LogP contribution in [-0.2, 0) is 4.74 Å². The first-order valence-corrected chi connectivity index (χ1v) is 6.51. The van der Waals surface area contributed by atoms with Crippen molar-refractivity contribution >= 4 is 0 Å². The zero-order valence-corrected chi connectivity index (χ0v) is 10.8. The van der Waals surface area contributed by atoms with Crippen LogP contribution in [0.25, 0.3) is 0 Å². The predicted octanol–water partition coefficient (Wildman–Crippen LogP) is 2.97. The fraction of sp³-hybridized carbons (Fsp3) is 1.00. The maximum Gasteiger partial charge on any atom is 0.0590 e. The molecule has 15 heavy (non-hydrogen) atoms. The molecule has 4 atom stereocenters. The summed E-state index contributed by atoms with van der Waals surface area (Å²) in [7, 11) is 0. The van der Waals surface area contributed by atoms with E-state index < -0.39 is 0 Å². The summed E-state index contributed by atoms with van der Waals surface area (Å²) in [5.41, 5.74) is 0. The summed E-state index contributed by atoms with van der Waals surface area (Å²) in [5.74, 6) is 0.761. The molecule has 0 spiro atoms. The maximum atomic E-state index is 5.65. The number of hydrogen-bond donors (Lipinski definition) is 1. The van der Waals surface area contributed by atoms with Crippen molar-refractivity contribution < 1.29 is 4.74 Å². The van der Waals surface area contributed by atoms with E-state index >= 15 is 0 Å². The summed E-state index contributed by atoms with van der Waals surface area (Å²) >= 11 is 0. The van der Waals surface area contributed by atoms with Crippen LogP contribution < -0.4 is 5.32 Å². The highest BCUT2D eigenvalue weighted by Crippen LogP contribution is 2.17. The molecule has 1 aliphatic rings. The topological polar surface area (TPSA) is 21.3 Å². The van der Waals surface area contributed by atoms with Gasteiger partial charge in [-0.1, -0.05) is 20.3 Å². The summed E-state index contributed by atoms with van der Waals surface area (Å²) in [6.45, 7) is 10.1. The Morgan fingerprint density at radius 1 is 1.33 bits per heavy atom. The number of nitrogens with one attached hydrogen (secondary N) is 1. The first-order valence-electron chi connectivity index (χ1n) is 6.51. The summed E-state index contributed by atoms with van der Waals surface area (Å²) in [5, 5.41) is 3.68. The van der Waals surface area contributed by atoms with E-state index in [-0.39, 0.29) is 0 Å². The summed E-state index contributed by atoms with van der Waals surface area (Å²) in [6, 6.07) is 1.20. The molecule has 1 N–H and O–H groups in total. The van der Waals surface area contributed by atoms with Crippen LogP contribution in [0.5, 0.6) is 0 Å². The fourth-order valence-corrected chi connectivity index (χ4v) is 2.26. The second-order valence-electron chi connectivity index (χ2n) is 5.11. The fourth-order valence-electron chi connectivity index (χ4n) is 2.26. The van der Waals surface area contributed by atoms with E-state index in [2.05, 4.69) is 33.0 Å². The van der Waals surface area contributed by atoms with Gasteiger partial charge in [-0.15, -0.1) is 0 Å². The molecule has 0 aromatic carbocycles. The normalized spacial score (nSPS) is 27.6. The molecule has 0 saturated carbocycles. The van der Waals surface area contributed by atoms with Crippen molar-refractivity contribution in [3.63, 3.8) is 0 Å². The van der Waals surface area contributed by atoms with Crippen LogP contribution in [0.3, 0.4) is 0 Å². The first-order chi connectivity index (χ1) is 7.13. The van der Waals surface area contributed by atoms with Crippen molar-refractivity contribution in [1.29, 1.82) is 0 Å². The van der Waals surface area contributed by atoms with Gasteiger partial charge in [-0.25, -0.2) is 0 Å². The van der Waals surface area contributed by atoms with Crippen LogP contribution in [0, 0.1) is 5.92 Å². The van der Waals surface area contributed by atoms with Gasteiger partial charge >= 0.3 is 0 Å². The molecule has 0 radical (unpaired) electrons. The van der Waals surface area contributed by atoms with E-state index in [0.29, 0.717) is 18.2 Å². The Labute approximate surface area is 94.8 Å². The Morgan fingerprint density at radius 2 is 2.07 bits per heavy atom. The van der Waals surface area contributed by atoms with Gasteiger partial charge in [-0.2, -0.15) is 0 Å². The van der Waals surface area contributed by atoms with Crippen molar-refractivity contribution in [2.75, 3.05) is 6.61 Å². The van der Waals surface area contributed by atoms with E-state index in [4.69, 9.17) is 4.74 Å². The van der Waals surface area contributed by atoms with Gasteiger partial charge in [-0.3, -0.25) is 0 Å². The SMILES string of the molecule is CCC(C)C(C)NC(C)CC1CCCO1. The Kier molecular flexibility index (Phi) is 5.62. The predicted molar refractivity (Wildman–Crippen MR) is 65.1 cm³/mol. The quantitative estimate of drug-likeness (QED) is 0.732. The molecule has 1 fully saturated rings. The van der Waals surface area contributed by atoms with Gasteiger partial charge < -0.3 is 10.1 Å². The molecular weight excluding hydrogens is 186 g/mol. The van der Waals surface area contributed by atoms with Gasteiger partial charge in [0.25, 0.3) is 0 Å². The molecule has 1 aliphatic heterocycles. The van der Waals surface area contributed by atoms with Crippen molar-refractivity contribution in [2.24, 2.45) is 5.92 Å². The minimum Gasteiger partial charge on any atom is -0.378 e. The second-order valence-corrected chi connectivity index (χ2v) is 5.11. The van der Waals surface area contributed by atoms with Gasteiger partial charge in [0.05, 0.1) is 6.10 Å².